The molecule has 0 atom stereocenters. The van der Waals surface area contributed by atoms with Crippen molar-refractivity contribution in [2.45, 2.75) is 33.1 Å². The topological polar surface area (TPSA) is 45.2 Å². The zero-order chi connectivity index (χ0) is 13.5. The SMILES string of the molecule is CC1(C)CCN(c2nc(Cl)nc(N3CCCC3)n2)C1. The molecule has 1 aromatic rings. The van der Waals surface area contributed by atoms with Crippen molar-refractivity contribution in [3.8, 4) is 0 Å². The highest BCUT2D eigenvalue weighted by atomic mass is 35.5. The predicted octanol–water partition coefficient (Wildman–Crippen LogP) is 2.36. The molecule has 104 valence electrons. The molecule has 0 radical (unpaired) electrons. The summed E-state index contributed by atoms with van der Waals surface area (Å²) in [6.07, 6.45) is 3.57. The molecule has 1 aromatic heterocycles. The molecule has 0 bridgehead atoms. The van der Waals surface area contributed by atoms with Gasteiger partial charge in [-0.1, -0.05) is 13.8 Å². The molecule has 0 amide bonds. The molecule has 19 heavy (non-hydrogen) atoms. The molecule has 2 fully saturated rings. The van der Waals surface area contributed by atoms with Gasteiger partial charge < -0.3 is 9.80 Å². The molecule has 0 aromatic carbocycles. The zero-order valence-electron chi connectivity index (χ0n) is 11.6. The Kier molecular flexibility index (Phi) is 3.25. The van der Waals surface area contributed by atoms with Crippen LogP contribution in [0, 0.1) is 5.41 Å². The first kappa shape index (κ1) is 12.9. The minimum atomic E-state index is 0.302. The summed E-state index contributed by atoms with van der Waals surface area (Å²) in [4.78, 5) is 17.6. The van der Waals surface area contributed by atoms with Crippen LogP contribution in [0.15, 0.2) is 0 Å². The summed E-state index contributed by atoms with van der Waals surface area (Å²) in [6.45, 7) is 8.56. The van der Waals surface area contributed by atoms with Crippen LogP contribution in [0.1, 0.15) is 33.1 Å². The van der Waals surface area contributed by atoms with E-state index in [0.717, 1.165) is 44.5 Å². The van der Waals surface area contributed by atoms with Crippen LogP contribution in [0.25, 0.3) is 0 Å². The molecule has 6 heteroatoms. The molecule has 2 aliphatic rings. The Labute approximate surface area is 119 Å². The minimum absolute atomic E-state index is 0.302. The van der Waals surface area contributed by atoms with Gasteiger partial charge in [0.1, 0.15) is 0 Å². The quantitative estimate of drug-likeness (QED) is 0.833. The maximum atomic E-state index is 6.06. The minimum Gasteiger partial charge on any atom is -0.341 e. The highest BCUT2D eigenvalue weighted by Gasteiger charge is 2.31. The van der Waals surface area contributed by atoms with E-state index in [1.165, 1.54) is 12.8 Å². The van der Waals surface area contributed by atoms with E-state index in [4.69, 9.17) is 11.6 Å². The first-order valence-corrected chi connectivity index (χ1v) is 7.33. The van der Waals surface area contributed by atoms with Crippen LogP contribution in [-0.4, -0.2) is 41.1 Å². The smallest absolute Gasteiger partial charge is 0.231 e. The third kappa shape index (κ3) is 2.76. The third-order valence-corrected chi connectivity index (χ3v) is 4.10. The maximum Gasteiger partial charge on any atom is 0.231 e. The van der Waals surface area contributed by atoms with Crippen molar-refractivity contribution in [1.82, 2.24) is 15.0 Å². The van der Waals surface area contributed by atoms with Gasteiger partial charge in [0.25, 0.3) is 0 Å². The number of hydrogen-bond acceptors (Lipinski definition) is 5. The number of anilines is 2. The van der Waals surface area contributed by atoms with Crippen LogP contribution < -0.4 is 9.80 Å². The summed E-state index contributed by atoms with van der Waals surface area (Å²) in [7, 11) is 0. The first-order valence-electron chi connectivity index (χ1n) is 6.95. The van der Waals surface area contributed by atoms with Gasteiger partial charge in [-0.25, -0.2) is 0 Å². The molecule has 0 unspecified atom stereocenters. The molecule has 5 nitrogen and oxygen atoms in total. The summed E-state index contributed by atoms with van der Waals surface area (Å²) >= 11 is 6.06. The lowest BCUT2D eigenvalue weighted by atomic mass is 9.93. The van der Waals surface area contributed by atoms with Gasteiger partial charge in [-0.2, -0.15) is 15.0 Å². The number of nitrogens with zero attached hydrogens (tertiary/aromatic N) is 5. The van der Waals surface area contributed by atoms with Crippen molar-refractivity contribution < 1.29 is 0 Å². The summed E-state index contributed by atoms with van der Waals surface area (Å²) in [6, 6.07) is 0. The van der Waals surface area contributed by atoms with Crippen LogP contribution >= 0.6 is 11.6 Å². The summed E-state index contributed by atoms with van der Waals surface area (Å²) in [5.41, 5.74) is 0.326. The van der Waals surface area contributed by atoms with Crippen LogP contribution in [-0.2, 0) is 0 Å². The van der Waals surface area contributed by atoms with E-state index in [1.54, 1.807) is 0 Å². The Hall–Kier alpha value is -1.10. The van der Waals surface area contributed by atoms with Gasteiger partial charge in [-0.15, -0.1) is 0 Å². The van der Waals surface area contributed by atoms with Crippen LogP contribution in [0.4, 0.5) is 11.9 Å². The van der Waals surface area contributed by atoms with Gasteiger partial charge in [0.05, 0.1) is 0 Å². The van der Waals surface area contributed by atoms with E-state index >= 15 is 0 Å². The van der Waals surface area contributed by atoms with Crippen LogP contribution in [0.2, 0.25) is 5.28 Å². The van der Waals surface area contributed by atoms with E-state index in [2.05, 4.69) is 38.6 Å². The molecular weight excluding hydrogens is 262 g/mol. The monoisotopic (exact) mass is 281 g/mol. The predicted molar refractivity (Wildman–Crippen MR) is 76.9 cm³/mol. The van der Waals surface area contributed by atoms with Crippen molar-refractivity contribution in [3.63, 3.8) is 0 Å². The second-order valence-electron chi connectivity index (χ2n) is 6.23. The Balaban J connectivity index is 1.85. The second-order valence-corrected chi connectivity index (χ2v) is 6.57. The van der Waals surface area contributed by atoms with E-state index < -0.39 is 0 Å². The van der Waals surface area contributed by atoms with E-state index in [1.807, 2.05) is 0 Å². The Bertz CT molecular complexity index is 470. The lowest BCUT2D eigenvalue weighted by molar-refractivity contribution is 0.418. The normalized spacial score (nSPS) is 22.3. The molecule has 2 aliphatic heterocycles. The maximum absolute atomic E-state index is 6.06. The van der Waals surface area contributed by atoms with Crippen molar-refractivity contribution in [2.24, 2.45) is 5.41 Å². The first-order chi connectivity index (χ1) is 9.03. The number of halogens is 1. The molecule has 0 aliphatic carbocycles. The highest BCUT2D eigenvalue weighted by molar-refractivity contribution is 6.28. The Morgan fingerprint density at radius 3 is 2.16 bits per heavy atom. The number of rotatable bonds is 2. The van der Waals surface area contributed by atoms with Crippen LogP contribution in [0.5, 0.6) is 0 Å². The van der Waals surface area contributed by atoms with Crippen LogP contribution in [0.3, 0.4) is 0 Å². The summed E-state index contributed by atoms with van der Waals surface area (Å²) < 4.78 is 0. The van der Waals surface area contributed by atoms with Crippen molar-refractivity contribution in [2.75, 3.05) is 36.0 Å². The zero-order valence-corrected chi connectivity index (χ0v) is 12.3. The molecule has 0 spiro atoms. The van der Waals surface area contributed by atoms with E-state index in [-0.39, 0.29) is 0 Å². The van der Waals surface area contributed by atoms with E-state index in [9.17, 15) is 0 Å². The number of hydrogen-bond donors (Lipinski definition) is 0. The average molecular weight is 282 g/mol. The largest absolute Gasteiger partial charge is 0.341 e. The molecule has 3 rings (SSSR count). The van der Waals surface area contributed by atoms with E-state index in [0.29, 0.717) is 10.7 Å². The molecule has 0 N–H and O–H groups in total. The molecule has 0 saturated carbocycles. The fourth-order valence-corrected chi connectivity index (χ4v) is 2.96. The fraction of sp³-hybridized carbons (Fsp3) is 0.769. The van der Waals surface area contributed by atoms with Gasteiger partial charge >= 0.3 is 0 Å². The number of aromatic nitrogens is 3. The third-order valence-electron chi connectivity index (χ3n) is 3.93. The van der Waals surface area contributed by atoms with Gasteiger partial charge in [0.2, 0.25) is 17.2 Å². The highest BCUT2D eigenvalue weighted by Crippen LogP contribution is 2.31. The summed E-state index contributed by atoms with van der Waals surface area (Å²) in [5, 5.41) is 0.302. The van der Waals surface area contributed by atoms with Gasteiger partial charge in [-0.3, -0.25) is 0 Å². The van der Waals surface area contributed by atoms with Crippen molar-refractivity contribution in [3.05, 3.63) is 5.28 Å². The van der Waals surface area contributed by atoms with Crippen molar-refractivity contribution >= 4 is 23.5 Å². The van der Waals surface area contributed by atoms with Gasteiger partial charge in [0, 0.05) is 26.2 Å². The van der Waals surface area contributed by atoms with Crippen molar-refractivity contribution in [1.29, 1.82) is 0 Å². The summed E-state index contributed by atoms with van der Waals surface area (Å²) in [5.74, 6) is 1.46. The standard InChI is InChI=1S/C13H20ClN5/c1-13(2)5-8-19(9-13)12-16-10(14)15-11(17-12)18-6-3-4-7-18/h3-9H2,1-2H3. The fourth-order valence-electron chi connectivity index (χ4n) is 2.81. The lowest BCUT2D eigenvalue weighted by Crippen LogP contribution is -2.27. The molecule has 2 saturated heterocycles. The van der Waals surface area contributed by atoms with Gasteiger partial charge in [-0.05, 0) is 36.3 Å². The second kappa shape index (κ2) is 4.78. The molecule has 3 heterocycles. The average Bonchev–Trinajstić information content (AvgIpc) is 2.97. The lowest BCUT2D eigenvalue weighted by Gasteiger charge is -2.21. The molecular formula is C13H20ClN5. The van der Waals surface area contributed by atoms with Gasteiger partial charge in [0.15, 0.2) is 0 Å². The Morgan fingerprint density at radius 1 is 0.947 bits per heavy atom. The Morgan fingerprint density at radius 2 is 1.58 bits per heavy atom.